The predicted molar refractivity (Wildman–Crippen MR) is 164 cm³/mol. The Hall–Kier alpha value is -4.81. The summed E-state index contributed by atoms with van der Waals surface area (Å²) in [6.45, 7) is 1.38. The van der Waals surface area contributed by atoms with Gasteiger partial charge in [-0.15, -0.1) is 0 Å². The van der Waals surface area contributed by atoms with Crippen LogP contribution in [0.15, 0.2) is 88.6 Å². The molecule has 0 bridgehead atoms. The van der Waals surface area contributed by atoms with Gasteiger partial charge in [0.25, 0.3) is 17.4 Å². The van der Waals surface area contributed by atoms with E-state index < -0.39 is 29.1 Å². The number of halogens is 1. The van der Waals surface area contributed by atoms with E-state index in [1.54, 1.807) is 55.1 Å². The molecule has 0 radical (unpaired) electrons. The average molecular weight is 600 g/mol. The smallest absolute Gasteiger partial charge is 0.296 e. The quantitative estimate of drug-likeness (QED) is 0.270. The van der Waals surface area contributed by atoms with Gasteiger partial charge in [0.15, 0.2) is 4.32 Å². The first-order valence-electron chi connectivity index (χ1n) is 12.8. The summed E-state index contributed by atoms with van der Waals surface area (Å²) in [6.07, 6.45) is 0. The molecule has 42 heavy (non-hydrogen) atoms. The van der Waals surface area contributed by atoms with Crippen LogP contribution < -0.4 is 20.7 Å². The summed E-state index contributed by atoms with van der Waals surface area (Å²) in [5.41, 5.74) is 2.23. The number of aromatic nitrogens is 2. The van der Waals surface area contributed by atoms with Crippen LogP contribution >= 0.6 is 24.0 Å². The zero-order valence-electron chi connectivity index (χ0n) is 22.3. The third kappa shape index (κ3) is 4.45. The van der Waals surface area contributed by atoms with Gasteiger partial charge in [-0.05, 0) is 49.4 Å². The zero-order valence-corrected chi connectivity index (χ0v) is 24.0. The van der Waals surface area contributed by atoms with Crippen LogP contribution in [0.2, 0.25) is 0 Å². The maximum absolute atomic E-state index is 13.9. The lowest BCUT2D eigenvalue weighted by molar-refractivity contribution is -0.118. The summed E-state index contributed by atoms with van der Waals surface area (Å²) < 4.78 is 16.5. The van der Waals surface area contributed by atoms with E-state index in [9.17, 15) is 23.6 Å². The summed E-state index contributed by atoms with van der Waals surface area (Å²) in [5.74, 6) is -2.08. The fourth-order valence-corrected chi connectivity index (χ4v) is 6.40. The number of para-hydroxylation sites is 2. The molecule has 2 aliphatic heterocycles. The Morgan fingerprint density at radius 1 is 0.929 bits per heavy atom. The maximum atomic E-state index is 13.9. The van der Waals surface area contributed by atoms with Crippen LogP contribution in [-0.2, 0) is 21.4 Å². The SMILES string of the molecule is Cc1c(N2C(=O)C(=C3C(=O)N(CC(=O)Nc4ccc(F)cc4)c4ccccc43)SC2=S)c(=O)n(-c2ccccc2)n1C. The van der Waals surface area contributed by atoms with Crippen molar-refractivity contribution in [2.45, 2.75) is 6.92 Å². The monoisotopic (exact) mass is 599 g/mol. The fourth-order valence-electron chi connectivity index (χ4n) is 5.06. The number of anilines is 3. The normalized spacial score (nSPS) is 16.4. The molecule has 3 heterocycles. The number of hydrogen-bond donors (Lipinski definition) is 1. The van der Waals surface area contributed by atoms with Gasteiger partial charge < -0.3 is 5.32 Å². The Balaban J connectivity index is 1.36. The minimum absolute atomic E-state index is 0.0767. The molecule has 1 aromatic heterocycles. The van der Waals surface area contributed by atoms with Crippen LogP contribution in [0.5, 0.6) is 0 Å². The second-order valence-electron chi connectivity index (χ2n) is 9.59. The summed E-state index contributed by atoms with van der Waals surface area (Å²) in [7, 11) is 1.72. The number of hydrogen-bond acceptors (Lipinski definition) is 6. The number of benzene rings is 3. The highest BCUT2D eigenvalue weighted by atomic mass is 32.2. The number of thioether (sulfide) groups is 1. The van der Waals surface area contributed by atoms with Gasteiger partial charge in [-0.25, -0.2) is 9.07 Å². The molecule has 3 aromatic carbocycles. The molecule has 1 N–H and O–H groups in total. The van der Waals surface area contributed by atoms with Crippen molar-refractivity contribution in [3.8, 4) is 5.69 Å². The van der Waals surface area contributed by atoms with Gasteiger partial charge >= 0.3 is 0 Å². The summed E-state index contributed by atoms with van der Waals surface area (Å²) in [4.78, 5) is 56.8. The molecule has 3 amide bonds. The van der Waals surface area contributed by atoms with Crippen LogP contribution in [-0.4, -0.2) is 38.0 Å². The molecule has 12 heteroatoms. The lowest BCUT2D eigenvalue weighted by Crippen LogP contribution is -2.36. The number of carbonyl (C=O) groups is 3. The van der Waals surface area contributed by atoms with Crippen molar-refractivity contribution in [3.63, 3.8) is 0 Å². The largest absolute Gasteiger partial charge is 0.325 e. The van der Waals surface area contributed by atoms with Crippen molar-refractivity contribution in [1.29, 1.82) is 0 Å². The molecular weight excluding hydrogens is 577 g/mol. The van der Waals surface area contributed by atoms with E-state index in [-0.39, 0.29) is 27.0 Å². The number of fused-ring (bicyclic) bond motifs is 1. The predicted octanol–water partition coefficient (Wildman–Crippen LogP) is 4.38. The number of nitrogens with zero attached hydrogens (tertiary/aromatic N) is 4. The van der Waals surface area contributed by atoms with Crippen molar-refractivity contribution < 1.29 is 18.8 Å². The standard InChI is InChI=1S/C30H22FN5O4S2/c1-17-25(28(39)36(33(17)2)20-8-4-3-5-9-20)35-29(40)26(42-30(35)41)24-21-10-6-7-11-22(21)34(27(24)38)16-23(37)32-19-14-12-18(31)13-15-19/h3-15H,16H2,1-2H3,(H,32,37). The molecule has 1 saturated heterocycles. The number of carbonyl (C=O) groups excluding carboxylic acids is 3. The molecular formula is C30H22FN5O4S2. The topological polar surface area (TPSA) is 96.7 Å². The molecule has 0 aliphatic carbocycles. The van der Waals surface area contributed by atoms with E-state index in [1.165, 1.54) is 38.7 Å². The molecule has 2 aliphatic rings. The molecule has 6 rings (SSSR count). The first-order chi connectivity index (χ1) is 20.2. The number of nitrogens with one attached hydrogen (secondary N) is 1. The summed E-state index contributed by atoms with van der Waals surface area (Å²) in [6, 6.07) is 21.1. The molecule has 0 spiro atoms. The van der Waals surface area contributed by atoms with Crippen LogP contribution in [0.25, 0.3) is 11.3 Å². The maximum Gasteiger partial charge on any atom is 0.296 e. The van der Waals surface area contributed by atoms with Crippen LogP contribution in [0, 0.1) is 12.7 Å². The van der Waals surface area contributed by atoms with Gasteiger partial charge in [-0.3, -0.25) is 33.7 Å². The lowest BCUT2D eigenvalue weighted by atomic mass is 10.1. The Kier molecular flexibility index (Phi) is 6.87. The average Bonchev–Trinajstić information content (AvgIpc) is 3.50. The minimum atomic E-state index is -0.591. The van der Waals surface area contributed by atoms with Gasteiger partial charge in [-0.2, -0.15) is 0 Å². The fraction of sp³-hybridized carbons (Fsp3) is 0.100. The molecule has 0 saturated carbocycles. The molecule has 0 unspecified atom stereocenters. The second-order valence-corrected chi connectivity index (χ2v) is 11.2. The van der Waals surface area contributed by atoms with Crippen molar-refractivity contribution in [2.24, 2.45) is 7.05 Å². The van der Waals surface area contributed by atoms with Gasteiger partial charge in [-0.1, -0.05) is 60.4 Å². The molecule has 0 atom stereocenters. The summed E-state index contributed by atoms with van der Waals surface area (Å²) >= 11 is 6.52. The number of rotatable bonds is 5. The van der Waals surface area contributed by atoms with Crippen molar-refractivity contribution in [1.82, 2.24) is 9.36 Å². The van der Waals surface area contributed by atoms with Crippen LogP contribution in [0.4, 0.5) is 21.5 Å². The molecule has 210 valence electrons. The minimum Gasteiger partial charge on any atom is -0.325 e. The van der Waals surface area contributed by atoms with Crippen molar-refractivity contribution >= 4 is 68.7 Å². The van der Waals surface area contributed by atoms with Crippen molar-refractivity contribution in [2.75, 3.05) is 21.7 Å². The van der Waals surface area contributed by atoms with Gasteiger partial charge in [0.05, 0.1) is 27.5 Å². The van der Waals surface area contributed by atoms with Gasteiger partial charge in [0.1, 0.15) is 18.0 Å². The van der Waals surface area contributed by atoms with E-state index in [4.69, 9.17) is 12.2 Å². The second kappa shape index (κ2) is 10.5. The van der Waals surface area contributed by atoms with Crippen LogP contribution in [0.3, 0.4) is 0 Å². The van der Waals surface area contributed by atoms with Crippen LogP contribution in [0.1, 0.15) is 11.3 Å². The third-order valence-corrected chi connectivity index (χ3v) is 8.47. The van der Waals surface area contributed by atoms with E-state index in [0.29, 0.717) is 28.3 Å². The first kappa shape index (κ1) is 27.4. The van der Waals surface area contributed by atoms with Gasteiger partial charge in [0, 0.05) is 18.3 Å². The highest BCUT2D eigenvalue weighted by Gasteiger charge is 2.44. The Labute approximate surface area is 248 Å². The number of amides is 3. The van der Waals surface area contributed by atoms with E-state index in [1.807, 2.05) is 18.2 Å². The zero-order chi connectivity index (χ0) is 29.7. The Morgan fingerprint density at radius 2 is 1.60 bits per heavy atom. The van der Waals surface area contributed by atoms with Crippen molar-refractivity contribution in [3.05, 3.63) is 111 Å². The van der Waals surface area contributed by atoms with E-state index in [0.717, 1.165) is 11.8 Å². The molecule has 4 aromatic rings. The highest BCUT2D eigenvalue weighted by Crippen LogP contribution is 2.45. The highest BCUT2D eigenvalue weighted by molar-refractivity contribution is 8.27. The Morgan fingerprint density at radius 3 is 2.31 bits per heavy atom. The molecule has 9 nitrogen and oxygen atoms in total. The summed E-state index contributed by atoms with van der Waals surface area (Å²) in [5, 5.41) is 2.65. The lowest BCUT2D eigenvalue weighted by Gasteiger charge is -2.16. The molecule has 1 fully saturated rings. The van der Waals surface area contributed by atoms with E-state index >= 15 is 0 Å². The third-order valence-electron chi connectivity index (χ3n) is 7.10. The Bertz CT molecular complexity index is 1900. The van der Waals surface area contributed by atoms with E-state index in [2.05, 4.69) is 5.32 Å². The van der Waals surface area contributed by atoms with Gasteiger partial charge in [0.2, 0.25) is 5.91 Å². The first-order valence-corrected chi connectivity index (χ1v) is 14.0. The number of thiocarbonyl (C=S) groups is 1.